The number of benzene rings is 1. The lowest BCUT2D eigenvalue weighted by molar-refractivity contribution is -0.211. The highest BCUT2D eigenvalue weighted by Crippen LogP contribution is 2.75. The molecule has 0 aliphatic heterocycles. The molecule has 5 aliphatic rings. The summed E-state index contributed by atoms with van der Waals surface area (Å²) < 4.78 is 18.1. The van der Waals surface area contributed by atoms with Crippen molar-refractivity contribution in [2.75, 3.05) is 19.0 Å². The summed E-state index contributed by atoms with van der Waals surface area (Å²) in [6.07, 6.45) is 9.76. The van der Waals surface area contributed by atoms with E-state index < -0.39 is 5.41 Å². The zero-order chi connectivity index (χ0) is 39.1. The van der Waals surface area contributed by atoms with E-state index in [0.717, 1.165) is 56.1 Å². The molecule has 0 saturated heterocycles. The summed E-state index contributed by atoms with van der Waals surface area (Å²) in [5, 5.41) is 3.30. The number of esters is 2. The van der Waals surface area contributed by atoms with E-state index in [-0.39, 0.29) is 87.4 Å². The number of aromatic nitrogens is 1. The number of amides is 1. The van der Waals surface area contributed by atoms with Crippen molar-refractivity contribution in [1.82, 2.24) is 4.98 Å². The highest BCUT2D eigenvalue weighted by atomic mass is 32.1. The molecule has 0 unspecified atom stereocenters. The largest absolute Gasteiger partial charge is 0.494 e. The van der Waals surface area contributed by atoms with Crippen LogP contribution >= 0.6 is 11.3 Å². The molecule has 10 heteroatoms. The van der Waals surface area contributed by atoms with Crippen molar-refractivity contribution in [3.8, 4) is 5.75 Å². The van der Waals surface area contributed by atoms with E-state index in [2.05, 4.69) is 58.8 Å². The summed E-state index contributed by atoms with van der Waals surface area (Å²) in [5.41, 5.74) is 0.517. The predicted molar refractivity (Wildman–Crippen MR) is 210 cm³/mol. The van der Waals surface area contributed by atoms with Crippen LogP contribution in [0.1, 0.15) is 126 Å². The number of hydrogen-bond acceptors (Lipinski definition) is 9. The van der Waals surface area contributed by atoms with E-state index in [0.29, 0.717) is 29.4 Å². The van der Waals surface area contributed by atoms with Gasteiger partial charge in [-0.3, -0.25) is 19.2 Å². The number of para-hydroxylation sites is 1. The molecule has 0 bridgehead atoms. The summed E-state index contributed by atoms with van der Waals surface area (Å²) in [6.45, 7) is 18.3. The number of nitrogens with zero attached hydrogens (tertiary/aromatic N) is 1. The number of nitrogens with one attached hydrogen (secondary N) is 1. The van der Waals surface area contributed by atoms with Crippen LogP contribution in [0.4, 0.5) is 5.13 Å². The predicted octanol–water partition coefficient (Wildman–Crippen LogP) is 9.48. The fraction of sp³-hybridized carbons (Fsp3) is 0.705. The van der Waals surface area contributed by atoms with Crippen LogP contribution in [0.15, 0.2) is 29.8 Å². The standard InChI is InChI=1S/C44H60N2O7S/c1-10-52-37(50)41(5)21-20-40(4)22-23-43(7)26(27(40)25-41)24-28(47)36-42(6)18-17-32(39(2,3)31(42)16-19-44(36,43)8)53-34(49)15-14-33(48)45-38-46-35-29(51-9)12-11-13-30(35)54-38/h11-13,24,27,31-32,36H,10,14-23,25H2,1-9H3,(H,45,46,48)/t27-,31-,32-,36+,40+,41-,42-,43+,44+/m0/s1. The Morgan fingerprint density at radius 2 is 1.69 bits per heavy atom. The number of allylic oxidation sites excluding steroid dienone is 2. The van der Waals surface area contributed by atoms with Gasteiger partial charge in [-0.1, -0.05) is 64.5 Å². The van der Waals surface area contributed by atoms with Gasteiger partial charge in [-0.15, -0.1) is 0 Å². The number of anilines is 1. The third kappa shape index (κ3) is 5.94. The SMILES string of the molecule is CCOC(=O)[C@@]1(C)CC[C@]2(C)CC[C@]3(C)C(=CC(=O)[C@@H]4[C@@]5(C)CC[C@H](OC(=O)CCC(=O)Nc6nc7c(OC)cccc7s6)C(C)(C)[C@@H]5CC[C@]43C)[C@@H]2C1. The molecule has 0 spiro atoms. The number of thiazole rings is 1. The van der Waals surface area contributed by atoms with Gasteiger partial charge < -0.3 is 19.5 Å². The maximum atomic E-state index is 14.8. The number of ether oxygens (including phenoxy) is 3. The van der Waals surface area contributed by atoms with Crippen molar-refractivity contribution >= 4 is 50.3 Å². The Bertz CT molecular complexity index is 1900. The third-order valence-electron chi connectivity index (χ3n) is 16.0. The molecule has 5 aliphatic carbocycles. The number of hydrogen-bond donors (Lipinski definition) is 1. The van der Waals surface area contributed by atoms with Gasteiger partial charge in [0.25, 0.3) is 0 Å². The Hall–Kier alpha value is -3.27. The number of carbonyl (C=O) groups is 4. The monoisotopic (exact) mass is 760 g/mol. The van der Waals surface area contributed by atoms with E-state index in [1.54, 1.807) is 7.11 Å². The van der Waals surface area contributed by atoms with E-state index in [1.165, 1.54) is 16.9 Å². The van der Waals surface area contributed by atoms with Gasteiger partial charge in [0.15, 0.2) is 10.9 Å². The molecule has 1 aromatic heterocycles. The molecule has 2 aromatic rings. The minimum atomic E-state index is -0.543. The van der Waals surface area contributed by atoms with Crippen molar-refractivity contribution in [3.05, 3.63) is 29.8 Å². The molecule has 1 N–H and O–H groups in total. The van der Waals surface area contributed by atoms with Crippen LogP contribution in [0.5, 0.6) is 5.75 Å². The van der Waals surface area contributed by atoms with E-state index in [1.807, 2.05) is 31.2 Å². The van der Waals surface area contributed by atoms with Crippen LogP contribution in [-0.2, 0) is 28.7 Å². The molecule has 1 aromatic carbocycles. The Morgan fingerprint density at radius 1 is 0.944 bits per heavy atom. The molecule has 1 amide bonds. The molecule has 9 nitrogen and oxygen atoms in total. The van der Waals surface area contributed by atoms with Gasteiger partial charge >= 0.3 is 11.9 Å². The summed E-state index contributed by atoms with van der Waals surface area (Å²) in [7, 11) is 1.59. The number of methoxy groups -OCH3 is 1. The zero-order valence-electron chi connectivity index (χ0n) is 33.8. The van der Waals surface area contributed by atoms with Gasteiger partial charge in [0.05, 0.1) is 30.3 Å². The van der Waals surface area contributed by atoms with Crippen LogP contribution in [0.3, 0.4) is 0 Å². The van der Waals surface area contributed by atoms with Crippen LogP contribution in [-0.4, -0.2) is 48.4 Å². The quantitative estimate of drug-likeness (QED) is 0.264. The number of ketones is 1. The second kappa shape index (κ2) is 13.4. The van der Waals surface area contributed by atoms with Crippen molar-refractivity contribution in [2.24, 2.45) is 50.2 Å². The maximum absolute atomic E-state index is 14.8. The molecule has 9 atom stereocenters. The first-order valence-corrected chi connectivity index (χ1v) is 21.0. The molecule has 1 heterocycles. The van der Waals surface area contributed by atoms with Crippen molar-refractivity contribution in [1.29, 1.82) is 0 Å². The lowest BCUT2D eigenvalue weighted by Gasteiger charge is -2.70. The maximum Gasteiger partial charge on any atom is 0.311 e. The van der Waals surface area contributed by atoms with Gasteiger partial charge in [0.1, 0.15) is 17.4 Å². The Labute approximate surface area is 324 Å². The van der Waals surface area contributed by atoms with E-state index in [4.69, 9.17) is 14.2 Å². The van der Waals surface area contributed by atoms with Crippen molar-refractivity contribution < 1.29 is 33.4 Å². The van der Waals surface area contributed by atoms with Crippen molar-refractivity contribution in [3.63, 3.8) is 0 Å². The number of fused-ring (bicyclic) bond motifs is 8. The normalized spacial score (nSPS) is 38.2. The van der Waals surface area contributed by atoms with Crippen LogP contribution in [0.2, 0.25) is 0 Å². The average molecular weight is 761 g/mol. The van der Waals surface area contributed by atoms with Crippen LogP contribution in [0.25, 0.3) is 10.2 Å². The molecule has 294 valence electrons. The van der Waals surface area contributed by atoms with Crippen LogP contribution in [0, 0.1) is 50.2 Å². The molecule has 0 radical (unpaired) electrons. The zero-order valence-corrected chi connectivity index (χ0v) is 34.6. The molecule has 4 fully saturated rings. The molecule has 4 saturated carbocycles. The van der Waals surface area contributed by atoms with Crippen LogP contribution < -0.4 is 10.1 Å². The van der Waals surface area contributed by atoms with E-state index >= 15 is 0 Å². The van der Waals surface area contributed by atoms with Gasteiger partial charge in [-0.2, -0.15) is 0 Å². The third-order valence-corrected chi connectivity index (χ3v) is 16.9. The minimum Gasteiger partial charge on any atom is -0.494 e. The highest BCUT2D eigenvalue weighted by Gasteiger charge is 2.70. The second-order valence-electron chi connectivity index (χ2n) is 19.2. The summed E-state index contributed by atoms with van der Waals surface area (Å²) in [5.74, 6) is 0.346. The van der Waals surface area contributed by atoms with E-state index in [9.17, 15) is 19.2 Å². The summed E-state index contributed by atoms with van der Waals surface area (Å²) >= 11 is 1.36. The minimum absolute atomic E-state index is 0.00134. The first-order valence-electron chi connectivity index (χ1n) is 20.2. The smallest absolute Gasteiger partial charge is 0.311 e. The van der Waals surface area contributed by atoms with Gasteiger partial charge in [0, 0.05) is 17.8 Å². The second-order valence-corrected chi connectivity index (χ2v) is 20.2. The lowest BCUT2D eigenvalue weighted by atomic mass is 9.33. The van der Waals surface area contributed by atoms with Gasteiger partial charge in [-0.05, 0) is 123 Å². The topological polar surface area (TPSA) is 121 Å². The molecule has 7 rings (SSSR count). The Morgan fingerprint density at radius 3 is 2.41 bits per heavy atom. The Kier molecular flexibility index (Phi) is 9.70. The molecular weight excluding hydrogens is 701 g/mol. The lowest BCUT2D eigenvalue weighted by Crippen LogP contribution is -2.66. The summed E-state index contributed by atoms with van der Waals surface area (Å²) in [6, 6.07) is 5.64. The molecule has 54 heavy (non-hydrogen) atoms. The molecular formula is C44H60N2O7S. The first-order chi connectivity index (χ1) is 25.3. The number of rotatable bonds is 8. The highest BCUT2D eigenvalue weighted by molar-refractivity contribution is 7.22. The van der Waals surface area contributed by atoms with Gasteiger partial charge in [0.2, 0.25) is 5.91 Å². The van der Waals surface area contributed by atoms with Crippen molar-refractivity contribution in [2.45, 2.75) is 132 Å². The Balaban J connectivity index is 1.05. The summed E-state index contributed by atoms with van der Waals surface area (Å²) in [4.78, 5) is 58.7. The first kappa shape index (κ1) is 39.0. The average Bonchev–Trinajstić information content (AvgIpc) is 3.53. The fourth-order valence-corrected chi connectivity index (χ4v) is 13.5. The number of carbonyl (C=O) groups excluding carboxylic acids is 4. The van der Waals surface area contributed by atoms with Gasteiger partial charge in [-0.25, -0.2) is 4.98 Å². The fourth-order valence-electron chi connectivity index (χ4n) is 12.6.